The molecule has 232 valence electrons. The summed E-state index contributed by atoms with van der Waals surface area (Å²) in [5.74, 6) is -4.48. The largest absolute Gasteiger partial charge is 0.480 e. The van der Waals surface area contributed by atoms with Gasteiger partial charge in [0.25, 0.3) is 0 Å². The molecular weight excluding hydrogens is 514 g/mol. The molecule has 0 saturated carbocycles. The second kappa shape index (κ2) is 17.9. The summed E-state index contributed by atoms with van der Waals surface area (Å²) in [6, 6.07) is -4.76. The molecule has 0 aromatic rings. The first-order valence-corrected chi connectivity index (χ1v) is 14.8. The average Bonchev–Trinajstić information content (AvgIpc) is 2.92. The Hall–Kier alpha value is -2.69. The summed E-state index contributed by atoms with van der Waals surface area (Å²) < 4.78 is 0. The third-order valence-corrected chi connectivity index (χ3v) is 8.17. The van der Waals surface area contributed by atoms with Crippen molar-refractivity contribution in [2.75, 3.05) is 0 Å². The Balaban J connectivity index is 6.00. The van der Waals surface area contributed by atoms with Crippen LogP contribution < -0.4 is 27.0 Å². The standard InChI is InChI=1S/C29H55N5O6/c1-11-16(7)20(30)25(35)32-22(17(8)12-2)27(37)34-24(19(10)14-4)28(38)33-23(18(9)13-3)26(36)31-21(15(5)6)29(39)40/h15-24H,11-14,30H2,1-10H3,(H,31,36)(H,32,35)(H,33,38)(H,34,37)(H,39,40)/t16-,17-,18-,19-,20-,21-,22-,23-,24-/m0/s1. The number of amides is 4. The predicted molar refractivity (Wildman–Crippen MR) is 156 cm³/mol. The minimum Gasteiger partial charge on any atom is -0.480 e. The molecule has 0 radical (unpaired) electrons. The SMILES string of the molecule is CC[C@H](C)[C@H](N)C(=O)N[C@H](C(=O)N[C@H](C(=O)N[C@H](C(=O)N[C@H](C(=O)O)C(C)C)[C@@H](C)CC)[C@@H](C)CC)[C@@H](C)CC. The first-order chi connectivity index (χ1) is 18.6. The highest BCUT2D eigenvalue weighted by molar-refractivity contribution is 5.95. The van der Waals surface area contributed by atoms with Crippen LogP contribution in [0.5, 0.6) is 0 Å². The van der Waals surface area contributed by atoms with Crippen molar-refractivity contribution in [1.82, 2.24) is 21.3 Å². The molecule has 0 bridgehead atoms. The van der Waals surface area contributed by atoms with Crippen LogP contribution in [0, 0.1) is 29.6 Å². The highest BCUT2D eigenvalue weighted by Gasteiger charge is 2.36. The van der Waals surface area contributed by atoms with E-state index < -0.39 is 59.8 Å². The molecule has 0 fully saturated rings. The summed E-state index contributed by atoms with van der Waals surface area (Å²) in [7, 11) is 0. The Bertz CT molecular complexity index is 851. The number of hydrogen-bond acceptors (Lipinski definition) is 6. The molecule has 0 aromatic carbocycles. The van der Waals surface area contributed by atoms with Crippen LogP contribution >= 0.6 is 0 Å². The maximum atomic E-state index is 13.6. The van der Waals surface area contributed by atoms with Crippen LogP contribution in [0.3, 0.4) is 0 Å². The van der Waals surface area contributed by atoms with Gasteiger partial charge in [-0.05, 0) is 29.6 Å². The molecule has 0 saturated heterocycles. The summed E-state index contributed by atoms with van der Waals surface area (Å²) in [6.07, 6.45) is 2.43. The first kappa shape index (κ1) is 37.3. The van der Waals surface area contributed by atoms with Gasteiger partial charge in [-0.1, -0.05) is 94.9 Å². The predicted octanol–water partition coefficient (Wildman–Crippen LogP) is 2.18. The maximum absolute atomic E-state index is 13.6. The second-order valence-electron chi connectivity index (χ2n) is 11.6. The average molecular weight is 570 g/mol. The molecule has 4 amide bonds. The molecule has 0 unspecified atom stereocenters. The molecule has 0 heterocycles. The van der Waals surface area contributed by atoms with Crippen molar-refractivity contribution < 1.29 is 29.1 Å². The van der Waals surface area contributed by atoms with Crippen LogP contribution in [0.2, 0.25) is 0 Å². The van der Waals surface area contributed by atoms with E-state index in [1.54, 1.807) is 20.8 Å². The normalized spacial score (nSPS) is 18.2. The molecule has 0 aromatic heterocycles. The van der Waals surface area contributed by atoms with Crippen molar-refractivity contribution in [3.05, 3.63) is 0 Å². The van der Waals surface area contributed by atoms with Gasteiger partial charge in [-0.2, -0.15) is 0 Å². The summed E-state index contributed by atoms with van der Waals surface area (Å²) in [5.41, 5.74) is 6.09. The van der Waals surface area contributed by atoms with E-state index in [2.05, 4.69) is 21.3 Å². The van der Waals surface area contributed by atoms with Crippen LogP contribution in [0.15, 0.2) is 0 Å². The van der Waals surface area contributed by atoms with Crippen LogP contribution in [0.25, 0.3) is 0 Å². The van der Waals surface area contributed by atoms with Gasteiger partial charge < -0.3 is 32.1 Å². The number of nitrogens with one attached hydrogen (secondary N) is 4. The molecule has 0 spiro atoms. The number of carbonyl (C=O) groups excluding carboxylic acids is 4. The lowest BCUT2D eigenvalue weighted by atomic mass is 9.92. The molecule has 0 aliphatic heterocycles. The zero-order chi connectivity index (χ0) is 31.3. The summed E-state index contributed by atoms with van der Waals surface area (Å²) in [6.45, 7) is 18.3. The highest BCUT2D eigenvalue weighted by Crippen LogP contribution is 2.16. The fourth-order valence-corrected chi connectivity index (χ4v) is 4.11. The Labute approximate surface area is 240 Å². The lowest BCUT2D eigenvalue weighted by Crippen LogP contribution is -2.62. The summed E-state index contributed by atoms with van der Waals surface area (Å²) in [4.78, 5) is 64.7. The van der Waals surface area contributed by atoms with Crippen LogP contribution in [-0.4, -0.2) is 64.9 Å². The van der Waals surface area contributed by atoms with E-state index in [0.717, 1.165) is 0 Å². The number of carbonyl (C=O) groups is 5. The first-order valence-electron chi connectivity index (χ1n) is 14.8. The Morgan fingerprint density at radius 3 is 1.05 bits per heavy atom. The Morgan fingerprint density at radius 1 is 0.525 bits per heavy atom. The molecule has 40 heavy (non-hydrogen) atoms. The van der Waals surface area contributed by atoms with Gasteiger partial charge in [-0.25, -0.2) is 4.79 Å². The molecule has 7 N–H and O–H groups in total. The van der Waals surface area contributed by atoms with Crippen LogP contribution in [0.4, 0.5) is 0 Å². The van der Waals surface area contributed by atoms with Gasteiger partial charge >= 0.3 is 5.97 Å². The zero-order valence-electron chi connectivity index (χ0n) is 26.2. The quantitative estimate of drug-likeness (QED) is 0.146. The van der Waals surface area contributed by atoms with Crippen LogP contribution in [0.1, 0.15) is 94.9 Å². The fraction of sp³-hybridized carbons (Fsp3) is 0.828. The third kappa shape index (κ3) is 11.1. The fourth-order valence-electron chi connectivity index (χ4n) is 4.11. The minimum atomic E-state index is -1.16. The number of rotatable bonds is 18. The molecule has 0 rings (SSSR count). The van der Waals surface area contributed by atoms with E-state index in [1.807, 2.05) is 48.5 Å². The van der Waals surface area contributed by atoms with Crippen molar-refractivity contribution in [2.45, 2.75) is 125 Å². The number of carboxylic acid groups (broad SMARTS) is 1. The van der Waals surface area contributed by atoms with E-state index in [0.29, 0.717) is 25.7 Å². The second-order valence-corrected chi connectivity index (χ2v) is 11.6. The summed E-state index contributed by atoms with van der Waals surface area (Å²) >= 11 is 0. The monoisotopic (exact) mass is 569 g/mol. The van der Waals surface area contributed by atoms with Crippen molar-refractivity contribution in [1.29, 1.82) is 0 Å². The maximum Gasteiger partial charge on any atom is 0.326 e. The minimum absolute atomic E-state index is 0.0701. The van der Waals surface area contributed by atoms with Gasteiger partial charge in [-0.15, -0.1) is 0 Å². The van der Waals surface area contributed by atoms with Crippen molar-refractivity contribution >= 4 is 29.6 Å². The Kier molecular flexibility index (Phi) is 16.7. The summed E-state index contributed by atoms with van der Waals surface area (Å²) in [5, 5.41) is 20.4. The van der Waals surface area contributed by atoms with Crippen LogP contribution in [-0.2, 0) is 24.0 Å². The molecule has 0 aliphatic carbocycles. The van der Waals surface area contributed by atoms with Gasteiger partial charge in [0, 0.05) is 0 Å². The van der Waals surface area contributed by atoms with E-state index in [-0.39, 0.29) is 29.6 Å². The van der Waals surface area contributed by atoms with E-state index in [4.69, 9.17) is 5.73 Å². The van der Waals surface area contributed by atoms with Gasteiger partial charge in [0.05, 0.1) is 6.04 Å². The number of aliphatic carboxylic acids is 1. The third-order valence-electron chi connectivity index (χ3n) is 8.17. The molecule has 9 atom stereocenters. The lowest BCUT2D eigenvalue weighted by molar-refractivity contribution is -0.144. The lowest BCUT2D eigenvalue weighted by Gasteiger charge is -2.32. The molecule has 11 heteroatoms. The van der Waals surface area contributed by atoms with Gasteiger partial charge in [-0.3, -0.25) is 19.2 Å². The zero-order valence-corrected chi connectivity index (χ0v) is 26.2. The smallest absolute Gasteiger partial charge is 0.326 e. The van der Waals surface area contributed by atoms with E-state index in [1.165, 1.54) is 0 Å². The topological polar surface area (TPSA) is 180 Å². The van der Waals surface area contributed by atoms with Crippen molar-refractivity contribution in [3.8, 4) is 0 Å². The molecule has 0 aliphatic rings. The Morgan fingerprint density at radius 2 is 0.800 bits per heavy atom. The molecular formula is C29H55N5O6. The number of hydrogen-bond donors (Lipinski definition) is 6. The van der Waals surface area contributed by atoms with E-state index in [9.17, 15) is 29.1 Å². The van der Waals surface area contributed by atoms with E-state index >= 15 is 0 Å². The number of nitrogens with two attached hydrogens (primary N) is 1. The van der Waals surface area contributed by atoms with Crippen molar-refractivity contribution in [3.63, 3.8) is 0 Å². The highest BCUT2D eigenvalue weighted by atomic mass is 16.4. The molecule has 11 nitrogen and oxygen atoms in total. The van der Waals surface area contributed by atoms with Gasteiger partial charge in [0.1, 0.15) is 24.2 Å². The van der Waals surface area contributed by atoms with Gasteiger partial charge in [0.15, 0.2) is 0 Å². The number of carboxylic acids is 1. The van der Waals surface area contributed by atoms with Gasteiger partial charge in [0.2, 0.25) is 23.6 Å². The van der Waals surface area contributed by atoms with Crippen molar-refractivity contribution in [2.24, 2.45) is 35.3 Å².